The molecule has 6 rings (SSSR count). The Labute approximate surface area is 152 Å². The van der Waals surface area contributed by atoms with Gasteiger partial charge in [0.1, 0.15) is 11.7 Å². The van der Waals surface area contributed by atoms with Gasteiger partial charge in [0.05, 0.1) is 5.56 Å². The van der Waals surface area contributed by atoms with Crippen molar-refractivity contribution in [1.29, 1.82) is 0 Å². The summed E-state index contributed by atoms with van der Waals surface area (Å²) < 4.78 is 4.98. The van der Waals surface area contributed by atoms with E-state index in [2.05, 4.69) is 100 Å². The van der Waals surface area contributed by atoms with E-state index in [9.17, 15) is 0 Å². The molecular formula is C24H19N2+. The summed E-state index contributed by atoms with van der Waals surface area (Å²) in [6.45, 7) is 0. The Balaban J connectivity index is 1.81. The highest BCUT2D eigenvalue weighted by molar-refractivity contribution is 5.80. The van der Waals surface area contributed by atoms with Crippen LogP contribution in [-0.2, 0) is 0 Å². The molecule has 0 amide bonds. The lowest BCUT2D eigenvalue weighted by Crippen LogP contribution is -2.45. The number of benzene rings is 3. The summed E-state index contributed by atoms with van der Waals surface area (Å²) in [5, 5.41) is 0. The lowest BCUT2D eigenvalue weighted by atomic mass is 9.86. The highest BCUT2D eigenvalue weighted by atomic mass is 15.2. The first-order valence-corrected chi connectivity index (χ1v) is 9.30. The third-order valence-corrected chi connectivity index (χ3v) is 5.87. The van der Waals surface area contributed by atoms with Crippen LogP contribution in [0.4, 0.5) is 0 Å². The van der Waals surface area contributed by atoms with Gasteiger partial charge in [-0.2, -0.15) is 4.57 Å². The van der Waals surface area contributed by atoms with E-state index < -0.39 is 0 Å². The molecule has 0 saturated heterocycles. The number of rotatable bonds is 1. The highest BCUT2D eigenvalue weighted by Crippen LogP contribution is 2.45. The topological polar surface area (TPSA) is 8.81 Å². The molecule has 26 heavy (non-hydrogen) atoms. The second-order valence-corrected chi connectivity index (χ2v) is 7.20. The van der Waals surface area contributed by atoms with Gasteiger partial charge < -0.3 is 0 Å². The molecule has 1 aromatic heterocycles. The zero-order chi connectivity index (χ0) is 17.1. The van der Waals surface area contributed by atoms with E-state index in [1.54, 1.807) is 0 Å². The molecule has 0 saturated carbocycles. The molecule has 1 aliphatic carbocycles. The van der Waals surface area contributed by atoms with Crippen molar-refractivity contribution in [3.63, 3.8) is 0 Å². The fourth-order valence-electron chi connectivity index (χ4n) is 4.82. The van der Waals surface area contributed by atoms with Crippen LogP contribution in [-0.4, -0.2) is 4.57 Å². The zero-order valence-electron chi connectivity index (χ0n) is 14.4. The van der Waals surface area contributed by atoms with Crippen molar-refractivity contribution >= 4 is 11.0 Å². The van der Waals surface area contributed by atoms with Crippen molar-refractivity contribution in [2.45, 2.75) is 18.4 Å². The third kappa shape index (κ3) is 1.74. The van der Waals surface area contributed by atoms with E-state index in [4.69, 9.17) is 0 Å². The third-order valence-electron chi connectivity index (χ3n) is 5.87. The second kappa shape index (κ2) is 5.18. The summed E-state index contributed by atoms with van der Waals surface area (Å²) in [6.07, 6.45) is 5.87. The predicted molar refractivity (Wildman–Crippen MR) is 104 cm³/mol. The molecule has 0 bridgehead atoms. The Bertz CT molecular complexity index is 1170. The van der Waals surface area contributed by atoms with Gasteiger partial charge in [0, 0.05) is 5.92 Å². The fourth-order valence-corrected chi connectivity index (χ4v) is 4.82. The number of hydrogen-bond donors (Lipinski definition) is 0. The Morgan fingerprint density at radius 3 is 2.50 bits per heavy atom. The average molecular weight is 335 g/mol. The van der Waals surface area contributed by atoms with Gasteiger partial charge in [0.2, 0.25) is 0 Å². The summed E-state index contributed by atoms with van der Waals surface area (Å²) in [5.74, 6) is 1.83. The number of fused-ring (bicyclic) bond motifs is 8. The van der Waals surface area contributed by atoms with E-state index in [-0.39, 0.29) is 0 Å². The Hall–Kier alpha value is -3.13. The van der Waals surface area contributed by atoms with Crippen LogP contribution in [0, 0.1) is 0 Å². The molecule has 0 spiro atoms. The normalized spacial score (nSPS) is 20.0. The number of para-hydroxylation sites is 3. The Kier molecular flexibility index (Phi) is 2.81. The van der Waals surface area contributed by atoms with Gasteiger partial charge in [-0.1, -0.05) is 54.6 Å². The second-order valence-electron chi connectivity index (χ2n) is 7.20. The zero-order valence-corrected chi connectivity index (χ0v) is 14.4. The molecular weight excluding hydrogens is 316 g/mol. The molecule has 124 valence electrons. The summed E-state index contributed by atoms with van der Waals surface area (Å²) in [6, 6.07) is 28.9. The van der Waals surface area contributed by atoms with Crippen molar-refractivity contribution in [3.05, 3.63) is 96.6 Å². The molecule has 0 fully saturated rings. The summed E-state index contributed by atoms with van der Waals surface area (Å²) in [7, 11) is 0. The van der Waals surface area contributed by atoms with Crippen LogP contribution < -0.4 is 4.57 Å². The lowest BCUT2D eigenvalue weighted by Gasteiger charge is -2.26. The van der Waals surface area contributed by atoms with E-state index >= 15 is 0 Å². The highest BCUT2D eigenvalue weighted by Gasteiger charge is 2.43. The SMILES string of the molecule is C1=CC2C(C1)c1ccccc1-c1n(-c3ccccc3)c3ccccc3[n+]12. The molecule has 2 aliphatic rings. The standard InChI is InChI=1S/C24H19N2/c1-2-9-17(10-3-1)25-22-14-6-7-15-23(22)26-21-16-8-13-19(21)18-11-4-5-12-20(18)24(25)26/h1-12,14-16,19,21H,13H2/q+1. The van der Waals surface area contributed by atoms with Gasteiger partial charge in [0.15, 0.2) is 11.0 Å². The molecule has 2 unspecified atom stereocenters. The first kappa shape index (κ1) is 14.1. The van der Waals surface area contributed by atoms with E-state index in [1.165, 1.54) is 33.7 Å². The molecule has 2 nitrogen and oxygen atoms in total. The molecule has 2 heterocycles. The fraction of sp³-hybridized carbons (Fsp3) is 0.125. The van der Waals surface area contributed by atoms with Gasteiger partial charge >= 0.3 is 0 Å². The van der Waals surface area contributed by atoms with E-state index in [0.717, 1.165) is 6.42 Å². The smallest absolute Gasteiger partial charge is 0.215 e. The monoisotopic (exact) mass is 335 g/mol. The molecule has 0 N–H and O–H groups in total. The maximum Gasteiger partial charge on any atom is 0.295 e. The minimum Gasteiger partial charge on any atom is -0.215 e. The van der Waals surface area contributed by atoms with Crippen LogP contribution in [0.25, 0.3) is 28.1 Å². The van der Waals surface area contributed by atoms with E-state index in [1.807, 2.05) is 0 Å². The minimum absolute atomic E-state index is 0.398. The summed E-state index contributed by atoms with van der Waals surface area (Å²) in [4.78, 5) is 0. The van der Waals surface area contributed by atoms with Gasteiger partial charge in [0.25, 0.3) is 5.82 Å². The van der Waals surface area contributed by atoms with Crippen molar-refractivity contribution in [1.82, 2.24) is 4.57 Å². The van der Waals surface area contributed by atoms with Crippen LogP contribution in [0.15, 0.2) is 91.0 Å². The molecule has 4 aromatic rings. The Morgan fingerprint density at radius 1 is 0.808 bits per heavy atom. The number of imidazole rings is 1. The quantitative estimate of drug-likeness (QED) is 0.335. The maximum absolute atomic E-state index is 2.55. The van der Waals surface area contributed by atoms with Crippen LogP contribution >= 0.6 is 0 Å². The lowest BCUT2D eigenvalue weighted by molar-refractivity contribution is -0.681. The maximum atomic E-state index is 2.55. The van der Waals surface area contributed by atoms with Crippen LogP contribution in [0.2, 0.25) is 0 Å². The van der Waals surface area contributed by atoms with Crippen molar-refractivity contribution < 1.29 is 4.57 Å². The number of allylic oxidation sites excluding steroid dienone is 2. The first-order valence-electron chi connectivity index (χ1n) is 9.30. The molecule has 1 aliphatic heterocycles. The molecule has 0 radical (unpaired) electrons. The number of hydrogen-bond acceptors (Lipinski definition) is 0. The first-order chi connectivity index (χ1) is 12.9. The number of aromatic nitrogens is 2. The van der Waals surface area contributed by atoms with Gasteiger partial charge in [-0.3, -0.25) is 0 Å². The molecule has 2 heteroatoms. The van der Waals surface area contributed by atoms with Crippen molar-refractivity contribution in [2.24, 2.45) is 0 Å². The Morgan fingerprint density at radius 2 is 1.58 bits per heavy atom. The van der Waals surface area contributed by atoms with Crippen LogP contribution in [0.1, 0.15) is 23.9 Å². The number of nitrogens with zero attached hydrogens (tertiary/aromatic N) is 2. The summed E-state index contributed by atoms with van der Waals surface area (Å²) in [5.41, 5.74) is 6.62. The minimum atomic E-state index is 0.398. The van der Waals surface area contributed by atoms with Crippen LogP contribution in [0.3, 0.4) is 0 Å². The predicted octanol–water partition coefficient (Wildman–Crippen LogP) is 5.18. The van der Waals surface area contributed by atoms with Crippen molar-refractivity contribution in [3.8, 4) is 17.1 Å². The van der Waals surface area contributed by atoms with Crippen LogP contribution in [0.5, 0.6) is 0 Å². The van der Waals surface area contributed by atoms with Gasteiger partial charge in [-0.05, 0) is 48.4 Å². The largest absolute Gasteiger partial charge is 0.295 e. The van der Waals surface area contributed by atoms with Gasteiger partial charge in [-0.25, -0.2) is 4.57 Å². The van der Waals surface area contributed by atoms with Gasteiger partial charge in [-0.15, -0.1) is 0 Å². The van der Waals surface area contributed by atoms with E-state index in [0.29, 0.717) is 12.0 Å². The molecule has 3 aromatic carbocycles. The average Bonchev–Trinajstić information content (AvgIpc) is 3.32. The van der Waals surface area contributed by atoms with Crippen molar-refractivity contribution in [2.75, 3.05) is 0 Å². The molecule has 2 atom stereocenters. The summed E-state index contributed by atoms with van der Waals surface area (Å²) >= 11 is 0.